The van der Waals surface area contributed by atoms with Crippen molar-refractivity contribution in [3.63, 3.8) is 0 Å². The van der Waals surface area contributed by atoms with Crippen LogP contribution in [0.2, 0.25) is 5.02 Å². The third-order valence-corrected chi connectivity index (χ3v) is 4.21. The van der Waals surface area contributed by atoms with E-state index in [9.17, 15) is 14.3 Å². The Balaban J connectivity index is 1.81. The zero-order chi connectivity index (χ0) is 17.1. The molecule has 1 amide bonds. The van der Waals surface area contributed by atoms with Crippen molar-refractivity contribution in [2.45, 2.75) is 18.9 Å². The molecule has 1 aromatic heterocycles. The number of hydrogen-bond acceptors (Lipinski definition) is 4. The number of hydrogen-bond donors (Lipinski definition) is 2. The number of nitrogens with one attached hydrogen (secondary N) is 1. The van der Waals surface area contributed by atoms with Crippen LogP contribution in [0.1, 0.15) is 23.2 Å². The molecule has 126 valence electrons. The van der Waals surface area contributed by atoms with E-state index in [1.807, 2.05) is 4.90 Å². The highest BCUT2D eigenvalue weighted by molar-refractivity contribution is 6.30. The second-order valence-electron chi connectivity index (χ2n) is 5.67. The number of carbonyl (C=O) groups excluding carboxylic acids is 1. The van der Waals surface area contributed by atoms with Gasteiger partial charge in [-0.3, -0.25) is 4.79 Å². The molecule has 2 aromatic rings. The highest BCUT2D eigenvalue weighted by Gasteiger charge is 2.21. The Morgan fingerprint density at radius 3 is 2.79 bits per heavy atom. The van der Waals surface area contributed by atoms with Gasteiger partial charge in [0, 0.05) is 24.3 Å². The minimum absolute atomic E-state index is 0.0803. The summed E-state index contributed by atoms with van der Waals surface area (Å²) in [6, 6.07) is 7.35. The van der Waals surface area contributed by atoms with Crippen LogP contribution in [0.5, 0.6) is 0 Å². The van der Waals surface area contributed by atoms with Gasteiger partial charge in [-0.25, -0.2) is 9.37 Å². The van der Waals surface area contributed by atoms with E-state index in [0.29, 0.717) is 37.4 Å². The topological polar surface area (TPSA) is 65.5 Å². The van der Waals surface area contributed by atoms with E-state index in [1.165, 1.54) is 12.1 Å². The summed E-state index contributed by atoms with van der Waals surface area (Å²) in [4.78, 5) is 18.7. The highest BCUT2D eigenvalue weighted by atomic mass is 35.5. The van der Waals surface area contributed by atoms with Crippen molar-refractivity contribution >= 4 is 29.0 Å². The fourth-order valence-corrected chi connectivity index (χ4v) is 2.85. The molecular weight excluding hydrogens is 333 g/mol. The van der Waals surface area contributed by atoms with Crippen molar-refractivity contribution in [1.82, 2.24) is 4.98 Å². The number of amides is 1. The van der Waals surface area contributed by atoms with E-state index in [1.54, 1.807) is 18.3 Å². The number of pyridine rings is 1. The number of carbonyl (C=O) groups is 1. The predicted octanol–water partition coefficient (Wildman–Crippen LogP) is 3.09. The van der Waals surface area contributed by atoms with Gasteiger partial charge in [-0.2, -0.15) is 0 Å². The molecule has 1 fully saturated rings. The van der Waals surface area contributed by atoms with Gasteiger partial charge in [-0.05, 0) is 43.2 Å². The van der Waals surface area contributed by atoms with Crippen LogP contribution in [0.25, 0.3) is 0 Å². The molecular formula is C17H17ClFN3O2. The molecule has 0 radical (unpaired) electrons. The molecule has 1 aliphatic rings. The lowest BCUT2D eigenvalue weighted by Crippen LogP contribution is -2.36. The van der Waals surface area contributed by atoms with Crippen LogP contribution in [0, 0.1) is 5.82 Å². The summed E-state index contributed by atoms with van der Waals surface area (Å²) < 4.78 is 13.9. The summed E-state index contributed by atoms with van der Waals surface area (Å²) in [5, 5.41) is 12.6. The second-order valence-corrected chi connectivity index (χ2v) is 6.11. The zero-order valence-electron chi connectivity index (χ0n) is 12.9. The minimum Gasteiger partial charge on any atom is -0.393 e. The number of anilines is 2. The minimum atomic E-state index is -0.675. The zero-order valence-corrected chi connectivity index (χ0v) is 13.6. The molecule has 5 nitrogen and oxygen atoms in total. The van der Waals surface area contributed by atoms with Crippen molar-refractivity contribution in [2.75, 3.05) is 23.3 Å². The van der Waals surface area contributed by atoms with Crippen LogP contribution in [0.15, 0.2) is 36.5 Å². The van der Waals surface area contributed by atoms with E-state index in [2.05, 4.69) is 10.3 Å². The molecule has 1 aromatic carbocycles. The largest absolute Gasteiger partial charge is 0.393 e. The molecule has 0 atom stereocenters. The molecule has 0 unspecified atom stereocenters. The lowest BCUT2D eigenvalue weighted by atomic mass is 10.1. The van der Waals surface area contributed by atoms with Crippen LogP contribution in [0.4, 0.5) is 15.9 Å². The van der Waals surface area contributed by atoms with E-state index in [0.717, 1.165) is 6.07 Å². The smallest absolute Gasteiger partial charge is 0.258 e. The number of aliphatic hydroxyl groups is 1. The molecule has 0 bridgehead atoms. The Morgan fingerprint density at radius 2 is 2.08 bits per heavy atom. The molecule has 0 aliphatic carbocycles. The number of aromatic nitrogens is 1. The summed E-state index contributed by atoms with van der Waals surface area (Å²) in [6.07, 6.45) is 2.64. The number of rotatable bonds is 3. The Labute approximate surface area is 144 Å². The summed E-state index contributed by atoms with van der Waals surface area (Å²) in [5.41, 5.74) is 0.427. The highest BCUT2D eigenvalue weighted by Crippen LogP contribution is 2.26. The molecule has 2 N–H and O–H groups in total. The van der Waals surface area contributed by atoms with Gasteiger partial charge in [0.05, 0.1) is 17.4 Å². The summed E-state index contributed by atoms with van der Waals surface area (Å²) in [5.74, 6) is -0.617. The lowest BCUT2D eigenvalue weighted by molar-refractivity contribution is 0.102. The van der Waals surface area contributed by atoms with Crippen LogP contribution < -0.4 is 10.2 Å². The van der Waals surface area contributed by atoms with E-state index in [-0.39, 0.29) is 16.7 Å². The monoisotopic (exact) mass is 349 g/mol. The molecule has 24 heavy (non-hydrogen) atoms. The quantitative estimate of drug-likeness (QED) is 0.893. The van der Waals surface area contributed by atoms with Gasteiger partial charge in [0.1, 0.15) is 5.82 Å². The fourth-order valence-electron chi connectivity index (χ4n) is 2.69. The number of piperidine rings is 1. The first kappa shape index (κ1) is 16.7. The van der Waals surface area contributed by atoms with Gasteiger partial charge >= 0.3 is 0 Å². The first-order chi connectivity index (χ1) is 11.5. The van der Waals surface area contributed by atoms with Gasteiger partial charge in [0.2, 0.25) is 0 Å². The van der Waals surface area contributed by atoms with E-state index in [4.69, 9.17) is 11.6 Å². The van der Waals surface area contributed by atoms with Crippen molar-refractivity contribution in [3.8, 4) is 0 Å². The van der Waals surface area contributed by atoms with Gasteiger partial charge in [-0.15, -0.1) is 0 Å². The van der Waals surface area contributed by atoms with Gasteiger partial charge in [-0.1, -0.05) is 11.6 Å². The molecule has 2 heterocycles. The summed E-state index contributed by atoms with van der Waals surface area (Å²) >= 11 is 5.71. The normalized spacial score (nSPS) is 15.4. The Hall–Kier alpha value is -2.18. The average molecular weight is 350 g/mol. The van der Waals surface area contributed by atoms with Crippen molar-refractivity contribution in [2.24, 2.45) is 0 Å². The van der Waals surface area contributed by atoms with Crippen LogP contribution >= 0.6 is 11.6 Å². The maximum Gasteiger partial charge on any atom is 0.258 e. The molecule has 1 aliphatic heterocycles. The van der Waals surface area contributed by atoms with Crippen molar-refractivity contribution < 1.29 is 14.3 Å². The summed E-state index contributed by atoms with van der Waals surface area (Å²) in [6.45, 7) is 1.30. The van der Waals surface area contributed by atoms with Crippen molar-refractivity contribution in [1.29, 1.82) is 0 Å². The van der Waals surface area contributed by atoms with Crippen LogP contribution in [0.3, 0.4) is 0 Å². The first-order valence-electron chi connectivity index (χ1n) is 7.69. The molecule has 0 spiro atoms. The molecule has 7 heteroatoms. The second kappa shape index (κ2) is 7.15. The van der Waals surface area contributed by atoms with Gasteiger partial charge < -0.3 is 15.3 Å². The van der Waals surface area contributed by atoms with Crippen molar-refractivity contribution in [3.05, 3.63) is 52.9 Å². The van der Waals surface area contributed by atoms with Gasteiger partial charge in [0.25, 0.3) is 5.91 Å². The molecule has 0 saturated carbocycles. The lowest BCUT2D eigenvalue weighted by Gasteiger charge is -2.31. The summed E-state index contributed by atoms with van der Waals surface area (Å²) in [7, 11) is 0. The maximum atomic E-state index is 13.9. The number of benzene rings is 1. The fraction of sp³-hybridized carbons (Fsp3) is 0.294. The van der Waals surface area contributed by atoms with Crippen LogP contribution in [-0.2, 0) is 0 Å². The first-order valence-corrected chi connectivity index (χ1v) is 8.07. The Kier molecular flexibility index (Phi) is 4.97. The number of halogens is 2. The Morgan fingerprint density at radius 1 is 1.33 bits per heavy atom. The van der Waals surface area contributed by atoms with Crippen LogP contribution in [-0.4, -0.2) is 35.2 Å². The average Bonchev–Trinajstić information content (AvgIpc) is 2.56. The third kappa shape index (κ3) is 3.66. The number of nitrogens with zero attached hydrogens (tertiary/aromatic N) is 2. The third-order valence-electron chi connectivity index (χ3n) is 3.97. The predicted molar refractivity (Wildman–Crippen MR) is 91.1 cm³/mol. The Bertz CT molecular complexity index is 748. The molecule has 1 saturated heterocycles. The maximum absolute atomic E-state index is 13.9. The van der Waals surface area contributed by atoms with E-state index < -0.39 is 11.7 Å². The SMILES string of the molecule is O=C(Nc1cccnc1N1CCC(O)CC1)c1ccc(Cl)cc1F. The molecule has 3 rings (SSSR count). The van der Waals surface area contributed by atoms with Gasteiger partial charge in [0.15, 0.2) is 5.82 Å². The number of aliphatic hydroxyl groups excluding tert-OH is 1. The van der Waals surface area contributed by atoms with E-state index >= 15 is 0 Å². The standard InChI is InChI=1S/C17H17ClFN3O2/c18-11-3-4-13(14(19)10-11)17(24)21-15-2-1-7-20-16(15)22-8-5-12(23)6-9-22/h1-4,7,10,12,23H,5-6,8-9H2,(H,21,24).